The van der Waals surface area contributed by atoms with Gasteiger partial charge in [-0.15, -0.1) is 16.4 Å². The highest BCUT2D eigenvalue weighted by atomic mass is 32.1. The molecule has 3 aromatic heterocycles. The second-order valence-electron chi connectivity index (χ2n) is 6.98. The minimum absolute atomic E-state index is 0.129. The molecule has 140 valence electrons. The number of fused-ring (bicyclic) bond motifs is 3. The molecule has 0 N–H and O–H groups in total. The van der Waals surface area contributed by atoms with Gasteiger partial charge in [0.15, 0.2) is 0 Å². The molecule has 8 heteroatoms. The smallest absolute Gasteiger partial charge is 0.276 e. The highest BCUT2D eigenvalue weighted by molar-refractivity contribution is 7.17. The summed E-state index contributed by atoms with van der Waals surface area (Å²) < 4.78 is 18.4. The molecule has 4 aromatic rings. The van der Waals surface area contributed by atoms with Crippen molar-refractivity contribution >= 4 is 27.3 Å². The van der Waals surface area contributed by atoms with E-state index >= 15 is 0 Å². The average molecular weight is 386 g/mol. The fourth-order valence-electron chi connectivity index (χ4n) is 3.13. The summed E-state index contributed by atoms with van der Waals surface area (Å²) >= 11 is 1.32. The van der Waals surface area contributed by atoms with E-state index in [1.165, 1.54) is 32.6 Å². The van der Waals surface area contributed by atoms with E-state index in [1.54, 1.807) is 28.1 Å². The number of halogens is 1. The number of rotatable bonds is 5. The first-order valence-corrected chi connectivity index (χ1v) is 9.67. The van der Waals surface area contributed by atoms with Crippen molar-refractivity contribution in [2.45, 2.75) is 33.4 Å². The van der Waals surface area contributed by atoms with Crippen molar-refractivity contribution in [3.05, 3.63) is 67.9 Å². The molecule has 27 heavy (non-hydrogen) atoms. The summed E-state index contributed by atoms with van der Waals surface area (Å²) in [5.74, 6) is 0.378. The summed E-state index contributed by atoms with van der Waals surface area (Å²) in [7, 11) is 0. The van der Waals surface area contributed by atoms with Crippen molar-refractivity contribution < 1.29 is 4.39 Å². The summed E-state index contributed by atoms with van der Waals surface area (Å²) in [6.45, 7) is 4.80. The van der Waals surface area contributed by atoms with Crippen molar-refractivity contribution in [1.82, 2.24) is 18.7 Å². The van der Waals surface area contributed by atoms with Crippen LogP contribution in [0.15, 0.2) is 45.3 Å². The molecule has 0 fully saturated rings. The van der Waals surface area contributed by atoms with E-state index in [0.29, 0.717) is 34.0 Å². The Bertz CT molecular complexity index is 1250. The van der Waals surface area contributed by atoms with Crippen molar-refractivity contribution in [1.29, 1.82) is 0 Å². The SMILES string of the molecule is CC(C)CCn1c(=O)c2sccc2n2c(=O)n(Cc3cccc(F)c3)nc12. The van der Waals surface area contributed by atoms with Gasteiger partial charge >= 0.3 is 5.69 Å². The number of aromatic nitrogens is 4. The number of thiophene rings is 1. The normalized spacial score (nSPS) is 11.9. The fraction of sp³-hybridized carbons (Fsp3) is 0.316. The summed E-state index contributed by atoms with van der Waals surface area (Å²) in [5, 5.41) is 6.22. The summed E-state index contributed by atoms with van der Waals surface area (Å²) in [6, 6.07) is 7.83. The van der Waals surface area contributed by atoms with Crippen LogP contribution in [0.1, 0.15) is 25.8 Å². The Morgan fingerprint density at radius 3 is 2.78 bits per heavy atom. The largest absolute Gasteiger partial charge is 0.352 e. The Kier molecular flexibility index (Phi) is 4.43. The topological polar surface area (TPSA) is 61.3 Å². The van der Waals surface area contributed by atoms with Crippen LogP contribution in [0.2, 0.25) is 0 Å². The fourth-order valence-corrected chi connectivity index (χ4v) is 3.96. The molecule has 0 saturated heterocycles. The molecule has 0 aliphatic rings. The lowest BCUT2D eigenvalue weighted by molar-refractivity contribution is 0.512. The minimum Gasteiger partial charge on any atom is -0.276 e. The number of aryl methyl sites for hydroxylation is 1. The Balaban J connectivity index is 1.93. The van der Waals surface area contributed by atoms with Gasteiger partial charge in [-0.25, -0.2) is 18.3 Å². The molecule has 0 aliphatic heterocycles. The van der Waals surface area contributed by atoms with Crippen LogP contribution in [-0.4, -0.2) is 18.7 Å². The highest BCUT2D eigenvalue weighted by Gasteiger charge is 2.18. The van der Waals surface area contributed by atoms with Gasteiger partial charge in [-0.3, -0.25) is 9.36 Å². The third-order valence-electron chi connectivity index (χ3n) is 4.54. The number of benzene rings is 1. The zero-order chi connectivity index (χ0) is 19.1. The molecule has 1 aromatic carbocycles. The lowest BCUT2D eigenvalue weighted by Crippen LogP contribution is -2.26. The quantitative estimate of drug-likeness (QED) is 0.530. The standard InChI is InChI=1S/C19H19FN4O2S/c1-12(2)6-8-22-17(25)16-15(7-9-27-16)24-18(22)21-23(19(24)26)11-13-4-3-5-14(20)10-13/h3-5,7,9-10,12H,6,8,11H2,1-2H3. The molecule has 3 heterocycles. The van der Waals surface area contributed by atoms with E-state index in [1.807, 2.05) is 0 Å². The van der Waals surface area contributed by atoms with Crippen LogP contribution in [0, 0.1) is 11.7 Å². The molecule has 4 rings (SSSR count). The number of hydrogen-bond donors (Lipinski definition) is 0. The maximum atomic E-state index is 13.5. The third-order valence-corrected chi connectivity index (χ3v) is 5.43. The maximum absolute atomic E-state index is 13.5. The zero-order valence-electron chi connectivity index (χ0n) is 15.1. The van der Waals surface area contributed by atoms with E-state index in [0.717, 1.165) is 6.42 Å². The first-order chi connectivity index (χ1) is 13.0. The molecule has 0 radical (unpaired) electrons. The molecular formula is C19H19FN4O2S. The van der Waals surface area contributed by atoms with E-state index < -0.39 is 0 Å². The molecular weight excluding hydrogens is 367 g/mol. The summed E-state index contributed by atoms with van der Waals surface area (Å²) in [5.41, 5.74) is 0.737. The molecule has 0 aliphatic carbocycles. The van der Waals surface area contributed by atoms with Crippen molar-refractivity contribution in [3.8, 4) is 0 Å². The second-order valence-corrected chi connectivity index (χ2v) is 7.90. The van der Waals surface area contributed by atoms with Crippen LogP contribution >= 0.6 is 11.3 Å². The molecule has 6 nitrogen and oxygen atoms in total. The van der Waals surface area contributed by atoms with Crippen LogP contribution in [0.25, 0.3) is 16.0 Å². The van der Waals surface area contributed by atoms with Crippen LogP contribution in [-0.2, 0) is 13.1 Å². The molecule has 0 amide bonds. The molecule has 0 spiro atoms. The first-order valence-electron chi connectivity index (χ1n) is 8.79. The van der Waals surface area contributed by atoms with Gasteiger partial charge in [0.1, 0.15) is 10.5 Å². The predicted molar refractivity (Wildman–Crippen MR) is 104 cm³/mol. The second kappa shape index (κ2) is 6.77. The maximum Gasteiger partial charge on any atom is 0.352 e. The van der Waals surface area contributed by atoms with Gasteiger partial charge in [-0.2, -0.15) is 0 Å². The highest BCUT2D eigenvalue weighted by Crippen LogP contribution is 2.18. The molecule has 0 saturated carbocycles. The van der Waals surface area contributed by atoms with Crippen LogP contribution in [0.3, 0.4) is 0 Å². The van der Waals surface area contributed by atoms with Crippen LogP contribution < -0.4 is 11.2 Å². The van der Waals surface area contributed by atoms with E-state index in [9.17, 15) is 14.0 Å². The minimum atomic E-state index is -0.363. The Hall–Kier alpha value is -2.74. The molecule has 0 bridgehead atoms. The number of hydrogen-bond acceptors (Lipinski definition) is 4. The van der Waals surface area contributed by atoms with Crippen LogP contribution in [0.5, 0.6) is 0 Å². The van der Waals surface area contributed by atoms with Crippen LogP contribution in [0.4, 0.5) is 4.39 Å². The Morgan fingerprint density at radius 2 is 2.04 bits per heavy atom. The van der Waals surface area contributed by atoms with Crippen molar-refractivity contribution in [2.24, 2.45) is 5.92 Å². The monoisotopic (exact) mass is 386 g/mol. The Labute approximate surface area is 158 Å². The van der Waals surface area contributed by atoms with Crippen molar-refractivity contribution in [3.63, 3.8) is 0 Å². The van der Waals surface area contributed by atoms with Gasteiger partial charge in [0, 0.05) is 6.54 Å². The Morgan fingerprint density at radius 1 is 1.22 bits per heavy atom. The molecule has 0 unspecified atom stereocenters. The van der Waals surface area contributed by atoms with Crippen molar-refractivity contribution in [2.75, 3.05) is 0 Å². The average Bonchev–Trinajstić information content (AvgIpc) is 3.20. The first kappa shape index (κ1) is 17.7. The zero-order valence-corrected chi connectivity index (χ0v) is 15.9. The lowest BCUT2D eigenvalue weighted by Gasteiger charge is -2.09. The third kappa shape index (κ3) is 3.10. The van der Waals surface area contributed by atoms with E-state index in [4.69, 9.17) is 0 Å². The van der Waals surface area contributed by atoms with Gasteiger partial charge in [0.25, 0.3) is 5.56 Å². The number of nitrogens with zero attached hydrogens (tertiary/aromatic N) is 4. The van der Waals surface area contributed by atoms with E-state index in [2.05, 4.69) is 18.9 Å². The summed E-state index contributed by atoms with van der Waals surface area (Å²) in [4.78, 5) is 25.9. The van der Waals surface area contributed by atoms with Gasteiger partial charge in [-0.05, 0) is 41.5 Å². The molecule has 0 atom stereocenters. The van der Waals surface area contributed by atoms with E-state index in [-0.39, 0.29) is 23.6 Å². The lowest BCUT2D eigenvalue weighted by atomic mass is 10.1. The van der Waals surface area contributed by atoms with Gasteiger partial charge in [-0.1, -0.05) is 26.0 Å². The van der Waals surface area contributed by atoms with Gasteiger partial charge in [0.2, 0.25) is 5.78 Å². The van der Waals surface area contributed by atoms with Gasteiger partial charge in [0.05, 0.1) is 12.1 Å². The van der Waals surface area contributed by atoms with Gasteiger partial charge < -0.3 is 0 Å². The summed E-state index contributed by atoms with van der Waals surface area (Å²) in [6.07, 6.45) is 0.803. The predicted octanol–water partition coefficient (Wildman–Crippen LogP) is 3.11.